The van der Waals surface area contributed by atoms with Crippen molar-refractivity contribution < 1.29 is 28.5 Å². The molecule has 0 radical (unpaired) electrons. The van der Waals surface area contributed by atoms with Gasteiger partial charge in [-0.25, -0.2) is 4.39 Å². The molecule has 0 bridgehead atoms. The molecule has 6 heteroatoms. The zero-order valence-corrected chi connectivity index (χ0v) is 10.6. The van der Waals surface area contributed by atoms with Crippen molar-refractivity contribution in [3.8, 4) is 17.2 Å². The van der Waals surface area contributed by atoms with E-state index in [1.54, 1.807) is 0 Å². The van der Waals surface area contributed by atoms with E-state index >= 15 is 0 Å². The molecule has 0 unspecified atom stereocenters. The molecule has 1 aliphatic rings. The maximum atomic E-state index is 14.2. The minimum Gasteiger partial charge on any atom is -0.494 e. The van der Waals surface area contributed by atoms with Crippen molar-refractivity contribution >= 4 is 5.97 Å². The zero-order valence-electron chi connectivity index (χ0n) is 10.6. The molecule has 1 aromatic rings. The van der Waals surface area contributed by atoms with Crippen molar-refractivity contribution in [1.29, 1.82) is 0 Å². The predicted molar refractivity (Wildman–Crippen MR) is 64.5 cm³/mol. The summed E-state index contributed by atoms with van der Waals surface area (Å²) in [6.07, 6.45) is 0.572. The quantitative estimate of drug-likeness (QED) is 0.886. The van der Waals surface area contributed by atoms with E-state index in [0.29, 0.717) is 36.7 Å². The fourth-order valence-electron chi connectivity index (χ4n) is 1.99. The average Bonchev–Trinajstić information content (AvgIpc) is 2.40. The van der Waals surface area contributed by atoms with Crippen molar-refractivity contribution in [2.24, 2.45) is 0 Å². The largest absolute Gasteiger partial charge is 0.494 e. The Bertz CT molecular complexity index is 486. The predicted octanol–water partition coefficient (Wildman–Crippen LogP) is 2.01. The first-order chi connectivity index (χ1) is 9.13. The van der Waals surface area contributed by atoms with Gasteiger partial charge in [-0.1, -0.05) is 0 Å². The monoisotopic (exact) mass is 270 g/mol. The van der Waals surface area contributed by atoms with Gasteiger partial charge < -0.3 is 19.3 Å². The number of rotatable bonds is 5. The lowest BCUT2D eigenvalue weighted by Crippen LogP contribution is -2.17. The fourth-order valence-corrected chi connectivity index (χ4v) is 1.99. The average molecular weight is 270 g/mol. The number of ether oxygens (including phenoxy) is 3. The van der Waals surface area contributed by atoms with Gasteiger partial charge in [0.25, 0.3) is 0 Å². The number of benzene rings is 1. The molecule has 0 saturated carbocycles. The first-order valence-corrected chi connectivity index (χ1v) is 6.00. The first-order valence-electron chi connectivity index (χ1n) is 6.00. The molecule has 0 saturated heterocycles. The summed E-state index contributed by atoms with van der Waals surface area (Å²) in [6, 6.07) is 1.45. The Kier molecular flexibility index (Phi) is 4.09. The van der Waals surface area contributed by atoms with E-state index < -0.39 is 11.8 Å². The molecular weight excluding hydrogens is 255 g/mol. The number of carbonyl (C=O) groups is 1. The van der Waals surface area contributed by atoms with Gasteiger partial charge in [0.1, 0.15) is 13.2 Å². The summed E-state index contributed by atoms with van der Waals surface area (Å²) in [5, 5.41) is 8.63. The topological polar surface area (TPSA) is 65.0 Å². The Balaban J connectivity index is 2.30. The molecule has 0 aromatic heterocycles. The van der Waals surface area contributed by atoms with Gasteiger partial charge >= 0.3 is 5.97 Å². The minimum atomic E-state index is -0.908. The zero-order chi connectivity index (χ0) is 13.8. The fraction of sp³-hybridized carbons (Fsp3) is 0.462. The van der Waals surface area contributed by atoms with Crippen molar-refractivity contribution in [2.75, 3.05) is 20.3 Å². The molecule has 0 fully saturated rings. The Morgan fingerprint density at radius 2 is 2.21 bits per heavy atom. The molecule has 19 heavy (non-hydrogen) atoms. The maximum absolute atomic E-state index is 14.2. The summed E-state index contributed by atoms with van der Waals surface area (Å²) in [4.78, 5) is 10.5. The van der Waals surface area contributed by atoms with E-state index in [1.165, 1.54) is 13.2 Å². The van der Waals surface area contributed by atoms with Crippen LogP contribution in [-0.2, 0) is 11.2 Å². The second-order valence-corrected chi connectivity index (χ2v) is 4.14. The number of aliphatic carboxylic acids is 1. The number of carboxylic acid groups (broad SMARTS) is 1. The van der Waals surface area contributed by atoms with Gasteiger partial charge in [0.15, 0.2) is 23.1 Å². The third kappa shape index (κ3) is 2.89. The van der Waals surface area contributed by atoms with Gasteiger partial charge in [0, 0.05) is 18.1 Å². The lowest BCUT2D eigenvalue weighted by Gasteiger charge is -2.22. The van der Waals surface area contributed by atoms with Crippen LogP contribution in [0.15, 0.2) is 6.07 Å². The lowest BCUT2D eigenvalue weighted by atomic mass is 10.0. The SMILES string of the molecule is COc1cc2c(c(CCCC(=O)O)c1F)OCCO2. The van der Waals surface area contributed by atoms with Gasteiger partial charge in [-0.2, -0.15) is 0 Å². The molecular formula is C13H15FO5. The highest BCUT2D eigenvalue weighted by atomic mass is 19.1. The van der Waals surface area contributed by atoms with Crippen molar-refractivity contribution in [3.05, 3.63) is 17.4 Å². The van der Waals surface area contributed by atoms with Gasteiger partial charge in [0.05, 0.1) is 7.11 Å². The molecule has 1 heterocycles. The Morgan fingerprint density at radius 1 is 1.47 bits per heavy atom. The molecule has 0 aliphatic carbocycles. The van der Waals surface area contributed by atoms with E-state index in [9.17, 15) is 9.18 Å². The summed E-state index contributed by atoms with van der Waals surface area (Å²) >= 11 is 0. The van der Waals surface area contributed by atoms with E-state index in [0.717, 1.165) is 0 Å². The number of carboxylic acids is 1. The number of hydrogen-bond acceptors (Lipinski definition) is 4. The summed E-state index contributed by atoms with van der Waals surface area (Å²) in [6.45, 7) is 0.751. The van der Waals surface area contributed by atoms with E-state index in [-0.39, 0.29) is 18.6 Å². The van der Waals surface area contributed by atoms with Gasteiger partial charge in [-0.15, -0.1) is 0 Å². The van der Waals surface area contributed by atoms with Crippen LogP contribution in [0.25, 0.3) is 0 Å². The highest BCUT2D eigenvalue weighted by molar-refractivity contribution is 5.66. The second-order valence-electron chi connectivity index (χ2n) is 4.14. The van der Waals surface area contributed by atoms with Crippen LogP contribution < -0.4 is 14.2 Å². The van der Waals surface area contributed by atoms with Crippen LogP contribution in [0, 0.1) is 5.82 Å². The number of halogens is 1. The van der Waals surface area contributed by atoms with Crippen molar-refractivity contribution in [3.63, 3.8) is 0 Å². The van der Waals surface area contributed by atoms with Crippen LogP contribution in [0.5, 0.6) is 17.2 Å². The van der Waals surface area contributed by atoms with Crippen LogP contribution in [0.1, 0.15) is 18.4 Å². The van der Waals surface area contributed by atoms with Crippen molar-refractivity contribution in [2.45, 2.75) is 19.3 Å². The maximum Gasteiger partial charge on any atom is 0.303 e. The second kappa shape index (κ2) is 5.77. The van der Waals surface area contributed by atoms with Gasteiger partial charge in [-0.3, -0.25) is 4.79 Å². The third-order valence-electron chi connectivity index (χ3n) is 2.87. The summed E-state index contributed by atoms with van der Waals surface area (Å²) < 4.78 is 30.0. The highest BCUT2D eigenvalue weighted by Crippen LogP contribution is 2.41. The Hall–Kier alpha value is -1.98. The van der Waals surface area contributed by atoms with E-state index in [2.05, 4.69) is 0 Å². The van der Waals surface area contributed by atoms with Crippen LogP contribution >= 0.6 is 0 Å². The molecule has 0 atom stereocenters. The molecule has 1 aromatic carbocycles. The van der Waals surface area contributed by atoms with Crippen LogP contribution in [0.2, 0.25) is 0 Å². The lowest BCUT2D eigenvalue weighted by molar-refractivity contribution is -0.137. The van der Waals surface area contributed by atoms with E-state index in [4.69, 9.17) is 19.3 Å². The highest BCUT2D eigenvalue weighted by Gasteiger charge is 2.23. The van der Waals surface area contributed by atoms with E-state index in [1.807, 2.05) is 0 Å². The third-order valence-corrected chi connectivity index (χ3v) is 2.87. The first kappa shape index (κ1) is 13.5. The summed E-state index contributed by atoms with van der Waals surface area (Å²) in [7, 11) is 1.37. The summed E-state index contributed by atoms with van der Waals surface area (Å²) in [5.41, 5.74) is 0.315. The number of hydrogen-bond donors (Lipinski definition) is 1. The molecule has 0 amide bonds. The van der Waals surface area contributed by atoms with Gasteiger partial charge in [0.2, 0.25) is 0 Å². The molecule has 2 rings (SSSR count). The Morgan fingerprint density at radius 3 is 2.89 bits per heavy atom. The van der Waals surface area contributed by atoms with Crippen LogP contribution in [0.4, 0.5) is 4.39 Å². The van der Waals surface area contributed by atoms with Crippen LogP contribution in [-0.4, -0.2) is 31.4 Å². The standard InChI is InChI=1S/C13H15FO5/c1-17-9-7-10-13(19-6-5-18-10)8(12(9)14)3-2-4-11(15)16/h7H,2-6H2,1H3,(H,15,16). The van der Waals surface area contributed by atoms with Crippen molar-refractivity contribution in [1.82, 2.24) is 0 Å². The normalized spacial score (nSPS) is 13.2. The Labute approximate surface area is 109 Å². The molecule has 5 nitrogen and oxygen atoms in total. The number of methoxy groups -OCH3 is 1. The van der Waals surface area contributed by atoms with Crippen LogP contribution in [0.3, 0.4) is 0 Å². The molecule has 1 N–H and O–H groups in total. The molecule has 0 spiro atoms. The minimum absolute atomic E-state index is 0.0215. The number of fused-ring (bicyclic) bond motifs is 1. The summed E-state index contributed by atoms with van der Waals surface area (Å²) in [5.74, 6) is -0.550. The molecule has 104 valence electrons. The van der Waals surface area contributed by atoms with Gasteiger partial charge in [-0.05, 0) is 12.8 Å². The molecule has 1 aliphatic heterocycles. The smallest absolute Gasteiger partial charge is 0.303 e.